The molecule has 0 aliphatic carbocycles. The van der Waals surface area contributed by atoms with Crippen molar-refractivity contribution in [2.75, 3.05) is 12.4 Å². The summed E-state index contributed by atoms with van der Waals surface area (Å²) in [6.45, 7) is 1.83. The van der Waals surface area contributed by atoms with Gasteiger partial charge in [0.05, 0.1) is 16.2 Å². The van der Waals surface area contributed by atoms with Crippen LogP contribution in [0, 0.1) is 28.9 Å². The van der Waals surface area contributed by atoms with Crippen LogP contribution in [0.2, 0.25) is 0 Å². The number of esters is 1. The molecule has 146 valence electrons. The van der Waals surface area contributed by atoms with Gasteiger partial charge in [0, 0.05) is 17.7 Å². The van der Waals surface area contributed by atoms with E-state index in [4.69, 9.17) is 9.15 Å². The molecular formula is C20H15N3O5S. The Labute approximate surface area is 170 Å². The number of aryl methyl sites for hydroxylation is 1. The average Bonchev–Trinajstić information content (AvgIpc) is 3.19. The second-order valence-electron chi connectivity index (χ2n) is 5.71. The van der Waals surface area contributed by atoms with Gasteiger partial charge in [-0.1, -0.05) is 41.8 Å². The first-order valence-corrected chi connectivity index (χ1v) is 9.43. The zero-order chi connectivity index (χ0) is 20.6. The number of non-ortho nitro benzene ring substituents is 1. The third-order valence-electron chi connectivity index (χ3n) is 3.76. The van der Waals surface area contributed by atoms with E-state index in [2.05, 4.69) is 22.0 Å². The zero-order valence-electron chi connectivity index (χ0n) is 15.3. The molecule has 8 nitrogen and oxygen atoms in total. The Kier molecular flexibility index (Phi) is 6.60. The number of nitro groups is 1. The lowest BCUT2D eigenvalue weighted by atomic mass is 10.1. The Morgan fingerprint density at radius 2 is 1.93 bits per heavy atom. The molecule has 9 heteroatoms. The second-order valence-corrected chi connectivity index (χ2v) is 6.64. The molecule has 1 aromatic heterocycles. The minimum absolute atomic E-state index is 0.00833. The maximum Gasteiger partial charge on any atom is 0.339 e. The summed E-state index contributed by atoms with van der Waals surface area (Å²) in [5, 5.41) is 18.8. The van der Waals surface area contributed by atoms with Crippen molar-refractivity contribution in [3.63, 3.8) is 0 Å². The highest BCUT2D eigenvalue weighted by Gasteiger charge is 2.11. The van der Waals surface area contributed by atoms with Crippen LogP contribution in [0.25, 0.3) is 11.5 Å². The molecule has 2 aromatic carbocycles. The first kappa shape index (κ1) is 20.1. The minimum atomic E-state index is -0.476. The lowest BCUT2D eigenvalue weighted by Crippen LogP contribution is -2.07. The number of thioether (sulfide) groups is 1. The van der Waals surface area contributed by atoms with Crippen LogP contribution in [0.4, 0.5) is 5.69 Å². The Morgan fingerprint density at radius 3 is 2.66 bits per heavy atom. The van der Waals surface area contributed by atoms with Crippen LogP contribution in [0.3, 0.4) is 0 Å². The van der Waals surface area contributed by atoms with Crippen LogP contribution >= 0.6 is 11.8 Å². The standard InChI is InChI=1S/C20H15N3O5S/c1-14-6-2-3-7-17(14)19(24)27-12-4-5-13-29-20-22-21-18(28-20)15-8-10-16(11-9-15)23(25)26/h2-3,6-11H,12-13H2,1H3. The molecule has 1 heterocycles. The number of ether oxygens (including phenoxy) is 1. The van der Waals surface area contributed by atoms with Crippen LogP contribution in [0.15, 0.2) is 58.2 Å². The molecule has 0 atom stereocenters. The van der Waals surface area contributed by atoms with E-state index in [0.29, 0.717) is 22.1 Å². The highest BCUT2D eigenvalue weighted by molar-refractivity contribution is 7.99. The summed E-state index contributed by atoms with van der Waals surface area (Å²) in [6.07, 6.45) is 0. The van der Waals surface area contributed by atoms with E-state index < -0.39 is 10.9 Å². The molecule has 0 radical (unpaired) electrons. The summed E-state index contributed by atoms with van der Waals surface area (Å²) in [7, 11) is 0. The molecule has 0 aliphatic heterocycles. The number of nitrogens with zero attached hydrogens (tertiary/aromatic N) is 3. The fraction of sp³-hybridized carbons (Fsp3) is 0.150. The molecule has 0 amide bonds. The summed E-state index contributed by atoms with van der Waals surface area (Å²) in [5.41, 5.74) is 1.94. The van der Waals surface area contributed by atoms with Gasteiger partial charge in [0.1, 0.15) is 0 Å². The van der Waals surface area contributed by atoms with E-state index in [9.17, 15) is 14.9 Å². The fourth-order valence-corrected chi connectivity index (χ4v) is 2.83. The van der Waals surface area contributed by atoms with Crippen LogP contribution in [-0.4, -0.2) is 33.4 Å². The predicted octanol–water partition coefficient (Wildman–Crippen LogP) is 3.91. The van der Waals surface area contributed by atoms with Gasteiger partial charge in [-0.05, 0) is 30.7 Å². The van der Waals surface area contributed by atoms with Crippen molar-refractivity contribution < 1.29 is 18.9 Å². The van der Waals surface area contributed by atoms with Gasteiger partial charge in [-0.3, -0.25) is 10.1 Å². The zero-order valence-corrected chi connectivity index (χ0v) is 16.1. The van der Waals surface area contributed by atoms with Crippen molar-refractivity contribution in [1.29, 1.82) is 0 Å². The molecule has 3 rings (SSSR count). The summed E-state index contributed by atoms with van der Waals surface area (Å²) in [6, 6.07) is 13.0. The quantitative estimate of drug-likeness (QED) is 0.198. The molecule has 0 spiro atoms. The summed E-state index contributed by atoms with van der Waals surface area (Å²) in [4.78, 5) is 22.2. The Bertz CT molecular complexity index is 1080. The lowest BCUT2D eigenvalue weighted by molar-refractivity contribution is -0.384. The molecule has 0 saturated carbocycles. The van der Waals surface area contributed by atoms with Crippen molar-refractivity contribution in [3.8, 4) is 23.3 Å². The van der Waals surface area contributed by atoms with E-state index in [1.54, 1.807) is 24.3 Å². The monoisotopic (exact) mass is 409 g/mol. The normalized spacial score (nSPS) is 10.1. The van der Waals surface area contributed by atoms with Gasteiger partial charge in [-0.15, -0.1) is 10.2 Å². The Hall–Kier alpha value is -3.64. The van der Waals surface area contributed by atoms with E-state index in [0.717, 1.165) is 5.56 Å². The summed E-state index contributed by atoms with van der Waals surface area (Å²) >= 11 is 1.24. The summed E-state index contributed by atoms with van der Waals surface area (Å²) in [5.74, 6) is 5.86. The first-order valence-electron chi connectivity index (χ1n) is 8.44. The van der Waals surface area contributed by atoms with Gasteiger partial charge in [0.25, 0.3) is 10.9 Å². The molecule has 0 aliphatic rings. The molecule has 0 fully saturated rings. The average molecular weight is 409 g/mol. The Morgan fingerprint density at radius 1 is 1.17 bits per heavy atom. The van der Waals surface area contributed by atoms with Gasteiger partial charge in [0.15, 0.2) is 6.61 Å². The number of benzene rings is 2. The first-order chi connectivity index (χ1) is 14.0. The van der Waals surface area contributed by atoms with Gasteiger partial charge in [-0.2, -0.15) is 0 Å². The number of aromatic nitrogens is 2. The molecular weight excluding hydrogens is 394 g/mol. The molecule has 0 N–H and O–H groups in total. The largest absolute Gasteiger partial charge is 0.449 e. The molecule has 0 unspecified atom stereocenters. The molecule has 0 bridgehead atoms. The van der Waals surface area contributed by atoms with Crippen LogP contribution < -0.4 is 0 Å². The fourth-order valence-electron chi connectivity index (χ4n) is 2.29. The molecule has 0 saturated heterocycles. The highest BCUT2D eigenvalue weighted by Crippen LogP contribution is 2.24. The number of hydrogen-bond acceptors (Lipinski definition) is 8. The number of rotatable bonds is 6. The van der Waals surface area contributed by atoms with Crippen LogP contribution in [0.5, 0.6) is 0 Å². The molecule has 3 aromatic rings. The van der Waals surface area contributed by atoms with E-state index in [1.165, 1.54) is 23.9 Å². The van der Waals surface area contributed by atoms with E-state index >= 15 is 0 Å². The number of carbonyl (C=O) groups is 1. The van der Waals surface area contributed by atoms with E-state index in [-0.39, 0.29) is 18.2 Å². The third kappa shape index (κ3) is 5.43. The maximum absolute atomic E-state index is 11.9. The van der Waals surface area contributed by atoms with Gasteiger partial charge >= 0.3 is 5.97 Å². The number of nitro benzene ring substituents is 1. The van der Waals surface area contributed by atoms with Crippen molar-refractivity contribution in [2.24, 2.45) is 0 Å². The summed E-state index contributed by atoms with van der Waals surface area (Å²) < 4.78 is 10.6. The van der Waals surface area contributed by atoms with Gasteiger partial charge in [-0.25, -0.2) is 4.79 Å². The minimum Gasteiger partial charge on any atom is -0.449 e. The van der Waals surface area contributed by atoms with Crippen molar-refractivity contribution >= 4 is 23.4 Å². The van der Waals surface area contributed by atoms with E-state index in [1.807, 2.05) is 19.1 Å². The maximum atomic E-state index is 11.9. The third-order valence-corrected chi connectivity index (χ3v) is 4.47. The van der Waals surface area contributed by atoms with Crippen molar-refractivity contribution in [1.82, 2.24) is 10.2 Å². The van der Waals surface area contributed by atoms with Crippen molar-refractivity contribution in [3.05, 3.63) is 69.8 Å². The topological polar surface area (TPSA) is 108 Å². The van der Waals surface area contributed by atoms with Gasteiger partial charge in [0.2, 0.25) is 5.89 Å². The smallest absolute Gasteiger partial charge is 0.339 e. The SMILES string of the molecule is Cc1ccccc1C(=O)OCC#CCSc1nnc(-c2ccc([N+](=O)[O-])cc2)o1. The highest BCUT2D eigenvalue weighted by atomic mass is 32.2. The molecule has 29 heavy (non-hydrogen) atoms. The lowest BCUT2D eigenvalue weighted by Gasteiger charge is -2.03. The van der Waals surface area contributed by atoms with Crippen LogP contribution in [-0.2, 0) is 4.74 Å². The van der Waals surface area contributed by atoms with Crippen LogP contribution in [0.1, 0.15) is 15.9 Å². The van der Waals surface area contributed by atoms with Crippen molar-refractivity contribution in [2.45, 2.75) is 12.1 Å². The predicted molar refractivity (Wildman–Crippen MR) is 106 cm³/mol. The van der Waals surface area contributed by atoms with Gasteiger partial charge < -0.3 is 9.15 Å². The second kappa shape index (κ2) is 9.52. The number of carbonyl (C=O) groups excluding carboxylic acids is 1. The Balaban J connectivity index is 1.46. The number of hydrogen-bond donors (Lipinski definition) is 0.